The van der Waals surface area contributed by atoms with Crippen LogP contribution < -0.4 is 9.47 Å². The van der Waals surface area contributed by atoms with Gasteiger partial charge in [0.15, 0.2) is 11.5 Å². The first-order valence-electron chi connectivity index (χ1n) is 6.00. The summed E-state index contributed by atoms with van der Waals surface area (Å²) in [5.41, 5.74) is 0. The number of alkyl halides is 3. The van der Waals surface area contributed by atoms with E-state index in [1.807, 2.05) is 0 Å². The molecule has 4 nitrogen and oxygen atoms in total. The van der Waals surface area contributed by atoms with Crippen molar-refractivity contribution in [3.63, 3.8) is 0 Å². The fourth-order valence-corrected chi connectivity index (χ4v) is 2.98. The molecule has 0 heterocycles. The van der Waals surface area contributed by atoms with E-state index in [-0.39, 0.29) is 18.1 Å². The molecule has 0 saturated carbocycles. The zero-order chi connectivity index (χ0) is 16.1. The molecule has 21 heavy (non-hydrogen) atoms. The number of hydrogen-bond donors (Lipinski definition) is 0. The number of para-hydroxylation sites is 2. The second kappa shape index (κ2) is 7.22. The van der Waals surface area contributed by atoms with E-state index in [9.17, 15) is 21.6 Å². The van der Waals surface area contributed by atoms with Gasteiger partial charge in [-0.3, -0.25) is 0 Å². The van der Waals surface area contributed by atoms with Crippen LogP contribution in [0.2, 0.25) is 0 Å². The molecule has 0 bridgehead atoms. The van der Waals surface area contributed by atoms with E-state index in [0.717, 1.165) is 6.07 Å². The maximum atomic E-state index is 12.2. The van der Waals surface area contributed by atoms with Crippen LogP contribution >= 0.6 is 10.7 Å². The summed E-state index contributed by atoms with van der Waals surface area (Å²) in [4.78, 5) is 0. The van der Waals surface area contributed by atoms with Gasteiger partial charge in [-0.05, 0) is 18.6 Å². The van der Waals surface area contributed by atoms with Crippen LogP contribution in [0.5, 0.6) is 11.5 Å². The third kappa shape index (κ3) is 7.42. The first-order chi connectivity index (χ1) is 9.61. The number of ether oxygens (including phenoxy) is 2. The van der Waals surface area contributed by atoms with Crippen LogP contribution in [0.1, 0.15) is 13.3 Å². The molecule has 1 rings (SSSR count). The molecule has 0 N–H and O–H groups in total. The lowest BCUT2D eigenvalue weighted by Crippen LogP contribution is -2.20. The predicted octanol–water partition coefficient (Wildman–Crippen LogP) is 3.56. The average Bonchev–Trinajstić information content (AvgIpc) is 2.32. The Bertz CT molecular complexity index is 560. The maximum absolute atomic E-state index is 12.2. The highest BCUT2D eigenvalue weighted by Gasteiger charge is 2.32. The van der Waals surface area contributed by atoms with Crippen molar-refractivity contribution in [1.82, 2.24) is 0 Å². The van der Waals surface area contributed by atoms with Gasteiger partial charge in [0.05, 0.1) is 12.4 Å². The van der Waals surface area contributed by atoms with E-state index >= 15 is 0 Å². The van der Waals surface area contributed by atoms with Gasteiger partial charge in [-0.25, -0.2) is 8.42 Å². The number of halogens is 4. The zero-order valence-electron chi connectivity index (χ0n) is 11.1. The largest absolute Gasteiger partial charge is 0.573 e. The summed E-state index contributed by atoms with van der Waals surface area (Å²) in [5.74, 6) is -1.33. The maximum Gasteiger partial charge on any atom is 0.573 e. The second-order valence-corrected chi connectivity index (χ2v) is 7.11. The zero-order valence-corrected chi connectivity index (χ0v) is 12.6. The van der Waals surface area contributed by atoms with Gasteiger partial charge in [-0.15, -0.1) is 13.2 Å². The van der Waals surface area contributed by atoms with Crippen molar-refractivity contribution in [2.24, 2.45) is 5.92 Å². The van der Waals surface area contributed by atoms with Gasteiger partial charge in [0.25, 0.3) is 0 Å². The van der Waals surface area contributed by atoms with Gasteiger partial charge >= 0.3 is 6.36 Å². The molecule has 0 aliphatic heterocycles. The van der Waals surface area contributed by atoms with E-state index in [2.05, 4.69) is 4.74 Å². The number of rotatable bonds is 7. The third-order valence-electron chi connectivity index (χ3n) is 2.56. The molecule has 0 radical (unpaired) electrons. The molecular weight excluding hydrogens is 333 g/mol. The topological polar surface area (TPSA) is 52.6 Å². The van der Waals surface area contributed by atoms with Gasteiger partial charge in [0.1, 0.15) is 0 Å². The van der Waals surface area contributed by atoms with Crippen LogP contribution in [-0.2, 0) is 9.05 Å². The molecule has 0 aliphatic rings. The van der Waals surface area contributed by atoms with E-state index in [0.29, 0.717) is 6.42 Å². The number of benzene rings is 1. The van der Waals surface area contributed by atoms with Crippen molar-refractivity contribution < 1.29 is 31.1 Å². The molecule has 0 amide bonds. The van der Waals surface area contributed by atoms with E-state index in [4.69, 9.17) is 15.4 Å². The third-order valence-corrected chi connectivity index (χ3v) is 3.81. The first-order valence-corrected chi connectivity index (χ1v) is 8.48. The second-order valence-electron chi connectivity index (χ2n) is 4.29. The number of hydrogen-bond acceptors (Lipinski definition) is 4. The molecule has 1 aromatic rings. The molecule has 120 valence electrons. The quantitative estimate of drug-likeness (QED) is 0.708. The standard InChI is InChI=1S/C12H14ClF3O4S/c1-2-9(8-21(13,17)18)7-19-10-5-3-4-6-11(10)20-12(14,15)16/h3-6,9H,2,7-8H2,1H3. The summed E-state index contributed by atoms with van der Waals surface area (Å²) < 4.78 is 67.8. The van der Waals surface area contributed by atoms with Crippen LogP contribution in [0.25, 0.3) is 0 Å². The molecule has 1 aromatic carbocycles. The van der Waals surface area contributed by atoms with Crippen molar-refractivity contribution in [3.8, 4) is 11.5 Å². The molecule has 1 atom stereocenters. The lowest BCUT2D eigenvalue weighted by Gasteiger charge is -2.17. The molecule has 0 fully saturated rings. The minimum Gasteiger partial charge on any atom is -0.489 e. The van der Waals surface area contributed by atoms with Gasteiger partial charge in [-0.1, -0.05) is 19.1 Å². The van der Waals surface area contributed by atoms with Crippen LogP contribution in [-0.4, -0.2) is 27.1 Å². The van der Waals surface area contributed by atoms with E-state index in [1.54, 1.807) is 6.92 Å². The summed E-state index contributed by atoms with van der Waals surface area (Å²) in [5, 5.41) is 0. The molecule has 0 spiro atoms. The van der Waals surface area contributed by atoms with Gasteiger partial charge in [0, 0.05) is 16.6 Å². The fraction of sp³-hybridized carbons (Fsp3) is 0.500. The highest BCUT2D eigenvalue weighted by Crippen LogP contribution is 2.32. The Morgan fingerprint density at radius 1 is 1.24 bits per heavy atom. The Kier molecular flexibility index (Phi) is 6.15. The van der Waals surface area contributed by atoms with Crippen LogP contribution in [0.4, 0.5) is 13.2 Å². The summed E-state index contributed by atoms with van der Waals surface area (Å²) >= 11 is 0. The van der Waals surface area contributed by atoms with Crippen molar-refractivity contribution in [3.05, 3.63) is 24.3 Å². The van der Waals surface area contributed by atoms with Gasteiger partial charge in [0.2, 0.25) is 9.05 Å². The minimum atomic E-state index is -4.83. The first kappa shape index (κ1) is 17.9. The minimum absolute atomic E-state index is 0.0827. The van der Waals surface area contributed by atoms with E-state index in [1.165, 1.54) is 18.2 Å². The van der Waals surface area contributed by atoms with Crippen molar-refractivity contribution in [2.75, 3.05) is 12.4 Å². The Hall–Kier alpha value is -1.15. The molecular formula is C12H14ClF3O4S. The molecule has 0 saturated heterocycles. The lowest BCUT2D eigenvalue weighted by atomic mass is 10.1. The molecule has 0 aliphatic carbocycles. The van der Waals surface area contributed by atoms with Gasteiger partial charge < -0.3 is 9.47 Å². The Labute approximate surface area is 125 Å². The van der Waals surface area contributed by atoms with Crippen LogP contribution in [0.3, 0.4) is 0 Å². The summed E-state index contributed by atoms with van der Waals surface area (Å²) in [7, 11) is 1.45. The van der Waals surface area contributed by atoms with Crippen LogP contribution in [0.15, 0.2) is 24.3 Å². The lowest BCUT2D eigenvalue weighted by molar-refractivity contribution is -0.275. The summed E-state index contributed by atoms with van der Waals surface area (Å²) in [6.07, 6.45) is -4.38. The van der Waals surface area contributed by atoms with Crippen LogP contribution in [0, 0.1) is 5.92 Å². The smallest absolute Gasteiger partial charge is 0.489 e. The van der Waals surface area contributed by atoms with Crippen molar-refractivity contribution in [2.45, 2.75) is 19.7 Å². The monoisotopic (exact) mass is 346 g/mol. The Morgan fingerprint density at radius 3 is 2.29 bits per heavy atom. The SMILES string of the molecule is CCC(COc1ccccc1OC(F)(F)F)CS(=O)(=O)Cl. The van der Waals surface area contributed by atoms with Crippen molar-refractivity contribution >= 4 is 19.7 Å². The molecule has 1 unspecified atom stereocenters. The molecule has 0 aromatic heterocycles. The van der Waals surface area contributed by atoms with E-state index < -0.39 is 27.1 Å². The summed E-state index contributed by atoms with van der Waals surface area (Å²) in [6, 6.07) is 5.28. The normalized spacial score (nSPS) is 13.8. The van der Waals surface area contributed by atoms with Crippen molar-refractivity contribution in [1.29, 1.82) is 0 Å². The highest BCUT2D eigenvalue weighted by atomic mass is 35.7. The highest BCUT2D eigenvalue weighted by molar-refractivity contribution is 8.13. The fourth-order valence-electron chi connectivity index (χ4n) is 1.55. The Morgan fingerprint density at radius 2 is 1.81 bits per heavy atom. The molecule has 9 heteroatoms. The predicted molar refractivity (Wildman–Crippen MR) is 72.0 cm³/mol. The van der Waals surface area contributed by atoms with Gasteiger partial charge in [-0.2, -0.15) is 0 Å². The Balaban J connectivity index is 2.74. The summed E-state index contributed by atoms with van der Waals surface area (Å²) in [6.45, 7) is 1.65. The average molecular weight is 347 g/mol.